The van der Waals surface area contributed by atoms with E-state index in [2.05, 4.69) is 24.3 Å². The fourth-order valence-corrected chi connectivity index (χ4v) is 5.65. The van der Waals surface area contributed by atoms with Crippen LogP contribution >= 0.6 is 0 Å². The molecule has 2 saturated carbocycles. The summed E-state index contributed by atoms with van der Waals surface area (Å²) in [5.41, 5.74) is 2.94. The quantitative estimate of drug-likeness (QED) is 0.613. The van der Waals surface area contributed by atoms with Gasteiger partial charge in [0.05, 0.1) is 17.5 Å². The van der Waals surface area contributed by atoms with Gasteiger partial charge >= 0.3 is 0 Å². The van der Waals surface area contributed by atoms with Crippen molar-refractivity contribution in [3.63, 3.8) is 0 Å². The minimum absolute atomic E-state index is 0.0113. The molecular formula is C23H19NO2. The van der Waals surface area contributed by atoms with Crippen LogP contribution in [-0.4, -0.2) is 11.8 Å². The molecule has 5 aliphatic rings. The predicted molar refractivity (Wildman–Crippen MR) is 99.1 cm³/mol. The number of amides is 2. The van der Waals surface area contributed by atoms with Crippen LogP contribution in [0.4, 0.5) is 5.69 Å². The zero-order chi connectivity index (χ0) is 17.4. The van der Waals surface area contributed by atoms with E-state index in [-0.39, 0.29) is 35.5 Å². The van der Waals surface area contributed by atoms with E-state index in [0.29, 0.717) is 17.5 Å². The fraction of sp³-hybridized carbons (Fsp3) is 0.304. The first kappa shape index (κ1) is 14.5. The van der Waals surface area contributed by atoms with Gasteiger partial charge in [0.1, 0.15) is 0 Å². The first-order valence-electron chi connectivity index (χ1n) is 9.45. The Hall–Kier alpha value is -2.68. The maximum atomic E-state index is 13.1. The number of nitrogens with zero attached hydrogens (tertiary/aromatic N) is 1. The van der Waals surface area contributed by atoms with Gasteiger partial charge in [-0.1, -0.05) is 54.6 Å². The molecule has 2 amide bonds. The SMILES string of the molecule is O=C1[C@@H]2[C@@H]3C=C[C@H]([C@H]4C[C@H]34)[C@@H]2C(=O)N1c1ccc(-c2ccccc2)cc1. The minimum atomic E-state index is -0.130. The van der Waals surface area contributed by atoms with Crippen LogP contribution in [0.5, 0.6) is 0 Å². The Morgan fingerprint density at radius 2 is 1.23 bits per heavy atom. The largest absolute Gasteiger partial charge is 0.274 e. The topological polar surface area (TPSA) is 37.4 Å². The minimum Gasteiger partial charge on any atom is -0.274 e. The van der Waals surface area contributed by atoms with E-state index >= 15 is 0 Å². The Morgan fingerprint density at radius 3 is 1.81 bits per heavy atom. The molecular weight excluding hydrogens is 322 g/mol. The predicted octanol–water partition coefficient (Wildman–Crippen LogP) is 3.91. The van der Waals surface area contributed by atoms with Gasteiger partial charge in [0.15, 0.2) is 0 Å². The Bertz CT molecular complexity index is 910. The monoisotopic (exact) mass is 341 g/mol. The summed E-state index contributed by atoms with van der Waals surface area (Å²) in [6.07, 6.45) is 5.63. The molecule has 1 saturated heterocycles. The first-order valence-corrected chi connectivity index (χ1v) is 9.45. The van der Waals surface area contributed by atoms with Gasteiger partial charge in [0.25, 0.3) is 0 Å². The highest BCUT2D eigenvalue weighted by molar-refractivity contribution is 6.22. The lowest BCUT2D eigenvalue weighted by Crippen LogP contribution is -2.40. The highest BCUT2D eigenvalue weighted by Crippen LogP contribution is 2.65. The number of imide groups is 1. The first-order chi connectivity index (χ1) is 12.7. The van der Waals surface area contributed by atoms with Crippen molar-refractivity contribution in [2.24, 2.45) is 35.5 Å². The molecule has 3 nitrogen and oxygen atoms in total. The molecule has 3 fully saturated rings. The highest BCUT2D eigenvalue weighted by atomic mass is 16.2. The van der Waals surface area contributed by atoms with Gasteiger partial charge in [-0.05, 0) is 53.4 Å². The summed E-state index contributed by atoms with van der Waals surface area (Å²) in [6, 6.07) is 17.9. The number of rotatable bonds is 2. The number of benzene rings is 2. The molecule has 0 spiro atoms. The van der Waals surface area contributed by atoms with Crippen molar-refractivity contribution in [3.8, 4) is 11.1 Å². The van der Waals surface area contributed by atoms with Crippen LogP contribution in [-0.2, 0) is 9.59 Å². The van der Waals surface area contributed by atoms with Gasteiger partial charge in [-0.2, -0.15) is 0 Å². The molecule has 7 rings (SSSR count). The number of carbonyl (C=O) groups excluding carboxylic acids is 2. The average molecular weight is 341 g/mol. The van der Waals surface area contributed by atoms with Crippen molar-refractivity contribution >= 4 is 17.5 Å². The lowest BCUT2D eigenvalue weighted by molar-refractivity contribution is -0.124. The molecule has 6 atom stereocenters. The molecule has 1 heterocycles. The standard InChI is InChI=1S/C23H19NO2/c25-22-20-16-10-11-17(19-12-18(16)19)21(20)23(26)24(22)15-8-6-14(7-9-15)13-4-2-1-3-5-13/h1-11,16-21H,12H2/t16-,17-,18-,19-,20-,21+/m1/s1. The van der Waals surface area contributed by atoms with Crippen LogP contribution in [0.15, 0.2) is 66.7 Å². The molecule has 0 unspecified atom stereocenters. The molecule has 3 heteroatoms. The molecule has 128 valence electrons. The third-order valence-corrected chi connectivity index (χ3v) is 6.90. The van der Waals surface area contributed by atoms with Crippen LogP contribution in [0.25, 0.3) is 11.1 Å². The third kappa shape index (κ3) is 1.78. The second kappa shape index (κ2) is 4.94. The summed E-state index contributed by atoms with van der Waals surface area (Å²) in [5, 5.41) is 0. The van der Waals surface area contributed by atoms with E-state index in [1.54, 1.807) is 0 Å². The number of carbonyl (C=O) groups is 2. The molecule has 4 aliphatic carbocycles. The van der Waals surface area contributed by atoms with Gasteiger partial charge in [-0.25, -0.2) is 0 Å². The summed E-state index contributed by atoms with van der Waals surface area (Å²) in [5.74, 6) is 1.60. The summed E-state index contributed by atoms with van der Waals surface area (Å²) in [7, 11) is 0. The zero-order valence-electron chi connectivity index (χ0n) is 14.3. The maximum Gasteiger partial charge on any atom is 0.238 e. The van der Waals surface area contributed by atoms with Crippen LogP contribution in [0.1, 0.15) is 6.42 Å². The number of hydrogen-bond acceptors (Lipinski definition) is 2. The summed E-state index contributed by atoms with van der Waals surface area (Å²) < 4.78 is 0. The molecule has 2 aromatic carbocycles. The molecule has 26 heavy (non-hydrogen) atoms. The normalized spacial score (nSPS) is 36.2. The lowest BCUT2D eigenvalue weighted by Gasteiger charge is -2.37. The number of allylic oxidation sites excluding steroid dienone is 2. The van der Waals surface area contributed by atoms with E-state index in [4.69, 9.17) is 0 Å². The fourth-order valence-electron chi connectivity index (χ4n) is 5.65. The van der Waals surface area contributed by atoms with E-state index in [1.165, 1.54) is 11.3 Å². The summed E-state index contributed by atoms with van der Waals surface area (Å²) in [6.45, 7) is 0. The van der Waals surface area contributed by atoms with Crippen molar-refractivity contribution in [3.05, 3.63) is 66.7 Å². The number of anilines is 1. The van der Waals surface area contributed by atoms with Crippen LogP contribution in [0.2, 0.25) is 0 Å². The summed E-state index contributed by atoms with van der Waals surface area (Å²) in [4.78, 5) is 27.7. The van der Waals surface area contributed by atoms with Crippen molar-refractivity contribution < 1.29 is 9.59 Å². The molecule has 0 N–H and O–H groups in total. The molecule has 2 aromatic rings. The highest BCUT2D eigenvalue weighted by Gasteiger charge is 2.67. The number of hydrogen-bond donors (Lipinski definition) is 0. The van der Waals surface area contributed by atoms with Crippen LogP contribution in [0, 0.1) is 35.5 Å². The van der Waals surface area contributed by atoms with Crippen molar-refractivity contribution in [2.45, 2.75) is 6.42 Å². The third-order valence-electron chi connectivity index (χ3n) is 6.90. The zero-order valence-corrected chi connectivity index (χ0v) is 14.3. The Labute approximate surface area is 152 Å². The van der Waals surface area contributed by atoms with Crippen LogP contribution < -0.4 is 4.90 Å². The average Bonchev–Trinajstić information content (AvgIpc) is 3.47. The Kier molecular flexibility index (Phi) is 2.75. The second-order valence-corrected chi connectivity index (χ2v) is 8.08. The van der Waals surface area contributed by atoms with Crippen LogP contribution in [0.3, 0.4) is 0 Å². The van der Waals surface area contributed by atoms with Crippen molar-refractivity contribution in [1.82, 2.24) is 0 Å². The van der Waals surface area contributed by atoms with Gasteiger partial charge < -0.3 is 0 Å². The van der Waals surface area contributed by atoms with Gasteiger partial charge in [0.2, 0.25) is 11.8 Å². The van der Waals surface area contributed by atoms with Crippen molar-refractivity contribution in [2.75, 3.05) is 4.90 Å². The van der Waals surface area contributed by atoms with E-state index in [1.807, 2.05) is 42.5 Å². The van der Waals surface area contributed by atoms with Gasteiger partial charge in [-0.3, -0.25) is 14.5 Å². The van der Waals surface area contributed by atoms with E-state index in [9.17, 15) is 9.59 Å². The van der Waals surface area contributed by atoms with Gasteiger partial charge in [0, 0.05) is 0 Å². The van der Waals surface area contributed by atoms with E-state index < -0.39 is 0 Å². The van der Waals surface area contributed by atoms with Crippen molar-refractivity contribution in [1.29, 1.82) is 0 Å². The Balaban J connectivity index is 1.35. The molecule has 1 aliphatic heterocycles. The smallest absolute Gasteiger partial charge is 0.238 e. The van der Waals surface area contributed by atoms with E-state index in [0.717, 1.165) is 11.1 Å². The lowest BCUT2D eigenvalue weighted by atomic mass is 9.63. The Morgan fingerprint density at radius 1 is 0.692 bits per heavy atom. The molecule has 0 aromatic heterocycles. The molecule has 0 radical (unpaired) electrons. The second-order valence-electron chi connectivity index (χ2n) is 8.08. The van der Waals surface area contributed by atoms with Gasteiger partial charge in [-0.15, -0.1) is 0 Å². The maximum absolute atomic E-state index is 13.1. The molecule has 2 bridgehead atoms. The summed E-state index contributed by atoms with van der Waals surface area (Å²) >= 11 is 0.